The molecule has 2 aromatic rings. The summed E-state index contributed by atoms with van der Waals surface area (Å²) in [5, 5.41) is 3.85. The summed E-state index contributed by atoms with van der Waals surface area (Å²) in [6.45, 7) is 4.27. The molecule has 1 aromatic heterocycles. The van der Waals surface area contributed by atoms with Crippen molar-refractivity contribution < 1.29 is 13.2 Å². The van der Waals surface area contributed by atoms with Crippen LogP contribution in [-0.2, 0) is 10.0 Å². The van der Waals surface area contributed by atoms with Gasteiger partial charge in [0.25, 0.3) is 5.91 Å². The number of sulfonamides is 1. The lowest BCUT2D eigenvalue weighted by molar-refractivity contribution is 0.0955. The first-order valence-electron chi connectivity index (χ1n) is 7.82. The van der Waals surface area contributed by atoms with Gasteiger partial charge in [0.2, 0.25) is 10.0 Å². The summed E-state index contributed by atoms with van der Waals surface area (Å²) in [6, 6.07) is 9.45. The Balaban J connectivity index is 2.15. The van der Waals surface area contributed by atoms with Crippen molar-refractivity contribution in [3.05, 3.63) is 59.9 Å². The number of pyridine rings is 1. The Hall–Kier alpha value is -2.58. The lowest BCUT2D eigenvalue weighted by Gasteiger charge is -2.18. The molecule has 0 radical (unpaired) electrons. The molecule has 1 amide bonds. The molecular weight excluding hydrogens is 340 g/mol. The standard InChI is InChI=1S/C17H20N4O3S/c1-3-21(4-2)25(23,24)16-9-5-8-15(11-16)17(22)20-19-13-14-7-6-10-18-12-14/h5-13H,3-4H2,1-2H3,(H,20,22)/b19-13+. The third-order valence-corrected chi connectivity index (χ3v) is 5.55. The van der Waals surface area contributed by atoms with Crippen LogP contribution in [0.4, 0.5) is 0 Å². The van der Waals surface area contributed by atoms with Crippen LogP contribution < -0.4 is 5.43 Å². The van der Waals surface area contributed by atoms with Gasteiger partial charge in [-0.3, -0.25) is 9.78 Å². The van der Waals surface area contributed by atoms with Crippen molar-refractivity contribution in [2.24, 2.45) is 5.10 Å². The summed E-state index contributed by atoms with van der Waals surface area (Å²) in [6.07, 6.45) is 4.70. The van der Waals surface area contributed by atoms with Crippen molar-refractivity contribution in [1.82, 2.24) is 14.7 Å². The van der Waals surface area contributed by atoms with E-state index in [1.165, 1.54) is 34.8 Å². The van der Waals surface area contributed by atoms with Gasteiger partial charge in [-0.25, -0.2) is 13.8 Å². The molecule has 0 spiro atoms. The van der Waals surface area contributed by atoms with Crippen LogP contribution >= 0.6 is 0 Å². The third-order valence-electron chi connectivity index (χ3n) is 3.50. The van der Waals surface area contributed by atoms with Gasteiger partial charge in [-0.05, 0) is 24.3 Å². The summed E-state index contributed by atoms with van der Waals surface area (Å²) in [5.41, 5.74) is 3.33. The van der Waals surface area contributed by atoms with E-state index in [0.29, 0.717) is 13.1 Å². The molecule has 25 heavy (non-hydrogen) atoms. The lowest BCUT2D eigenvalue weighted by atomic mass is 10.2. The van der Waals surface area contributed by atoms with Crippen molar-refractivity contribution >= 4 is 22.1 Å². The molecule has 0 aliphatic carbocycles. The molecule has 7 nitrogen and oxygen atoms in total. The zero-order valence-electron chi connectivity index (χ0n) is 14.1. The highest BCUT2D eigenvalue weighted by molar-refractivity contribution is 7.89. The molecule has 2 rings (SSSR count). The van der Waals surface area contributed by atoms with E-state index in [9.17, 15) is 13.2 Å². The van der Waals surface area contributed by atoms with Crippen molar-refractivity contribution in [1.29, 1.82) is 0 Å². The average Bonchev–Trinajstić information content (AvgIpc) is 2.63. The zero-order valence-corrected chi connectivity index (χ0v) is 14.9. The van der Waals surface area contributed by atoms with Crippen LogP contribution in [0.15, 0.2) is 58.8 Å². The first kappa shape index (κ1) is 18.8. The van der Waals surface area contributed by atoms with Crippen molar-refractivity contribution in [3.8, 4) is 0 Å². The number of hydrazone groups is 1. The summed E-state index contributed by atoms with van der Waals surface area (Å²) in [5.74, 6) is -0.489. The Kier molecular flexibility index (Phi) is 6.37. The second-order valence-corrected chi connectivity index (χ2v) is 7.04. The van der Waals surface area contributed by atoms with Gasteiger partial charge in [-0.2, -0.15) is 9.41 Å². The number of carbonyl (C=O) groups excluding carboxylic acids is 1. The van der Waals surface area contributed by atoms with Gasteiger partial charge in [-0.15, -0.1) is 0 Å². The van der Waals surface area contributed by atoms with Gasteiger partial charge < -0.3 is 0 Å². The maximum Gasteiger partial charge on any atom is 0.271 e. The second-order valence-electron chi connectivity index (χ2n) is 5.10. The van der Waals surface area contributed by atoms with Gasteiger partial charge in [0.15, 0.2) is 0 Å². The molecular formula is C17H20N4O3S. The predicted molar refractivity (Wildman–Crippen MR) is 95.8 cm³/mol. The van der Waals surface area contributed by atoms with E-state index in [4.69, 9.17) is 0 Å². The Morgan fingerprint density at radius 2 is 2.00 bits per heavy atom. The van der Waals surface area contributed by atoms with E-state index in [0.717, 1.165) is 5.56 Å². The van der Waals surface area contributed by atoms with E-state index in [1.54, 1.807) is 38.4 Å². The van der Waals surface area contributed by atoms with Crippen LogP contribution in [0.25, 0.3) is 0 Å². The molecule has 0 atom stereocenters. The lowest BCUT2D eigenvalue weighted by Crippen LogP contribution is -2.30. The monoisotopic (exact) mass is 360 g/mol. The van der Waals surface area contributed by atoms with E-state index >= 15 is 0 Å². The highest BCUT2D eigenvalue weighted by Crippen LogP contribution is 2.16. The first-order valence-corrected chi connectivity index (χ1v) is 9.26. The fourth-order valence-electron chi connectivity index (χ4n) is 2.19. The molecule has 0 bridgehead atoms. The molecule has 0 fully saturated rings. The Bertz CT molecular complexity index is 847. The van der Waals surface area contributed by atoms with Crippen LogP contribution in [0, 0.1) is 0 Å². The number of amides is 1. The van der Waals surface area contributed by atoms with Crippen molar-refractivity contribution in [2.75, 3.05) is 13.1 Å². The number of aromatic nitrogens is 1. The van der Waals surface area contributed by atoms with Crippen LogP contribution in [0.2, 0.25) is 0 Å². The second kappa shape index (κ2) is 8.50. The summed E-state index contributed by atoms with van der Waals surface area (Å²) < 4.78 is 26.4. The Labute approximate surface area is 147 Å². The van der Waals surface area contributed by atoms with E-state index in [-0.39, 0.29) is 10.5 Å². The smallest absolute Gasteiger partial charge is 0.267 e. The van der Waals surface area contributed by atoms with Gasteiger partial charge in [0, 0.05) is 36.6 Å². The molecule has 1 N–H and O–H groups in total. The SMILES string of the molecule is CCN(CC)S(=O)(=O)c1cccc(C(=O)N/N=C/c2cccnc2)c1. The number of carbonyl (C=O) groups is 1. The maximum absolute atomic E-state index is 12.5. The topological polar surface area (TPSA) is 91.7 Å². The minimum absolute atomic E-state index is 0.0834. The van der Waals surface area contributed by atoms with Crippen LogP contribution in [0.3, 0.4) is 0 Å². The number of rotatable bonds is 7. The maximum atomic E-state index is 12.5. The third kappa shape index (κ3) is 4.71. The zero-order chi connectivity index (χ0) is 18.3. The van der Waals surface area contributed by atoms with Crippen molar-refractivity contribution in [3.63, 3.8) is 0 Å². The fourth-order valence-corrected chi connectivity index (χ4v) is 3.70. The highest BCUT2D eigenvalue weighted by Gasteiger charge is 2.22. The highest BCUT2D eigenvalue weighted by atomic mass is 32.2. The number of hydrogen-bond donors (Lipinski definition) is 1. The molecule has 8 heteroatoms. The minimum Gasteiger partial charge on any atom is -0.267 e. The van der Waals surface area contributed by atoms with Gasteiger partial charge in [0.1, 0.15) is 0 Å². The van der Waals surface area contributed by atoms with E-state index in [2.05, 4.69) is 15.5 Å². The van der Waals surface area contributed by atoms with Crippen LogP contribution in [-0.4, -0.2) is 42.9 Å². The number of hydrogen-bond acceptors (Lipinski definition) is 5. The van der Waals surface area contributed by atoms with Crippen LogP contribution in [0.1, 0.15) is 29.8 Å². The average molecular weight is 360 g/mol. The van der Waals surface area contributed by atoms with Crippen LogP contribution in [0.5, 0.6) is 0 Å². The largest absolute Gasteiger partial charge is 0.271 e. The van der Waals surface area contributed by atoms with E-state index in [1.807, 2.05) is 0 Å². The first-order chi connectivity index (χ1) is 12.0. The molecule has 1 aromatic carbocycles. The molecule has 0 aliphatic rings. The van der Waals surface area contributed by atoms with Crippen molar-refractivity contribution in [2.45, 2.75) is 18.7 Å². The number of benzene rings is 1. The molecule has 0 unspecified atom stereocenters. The summed E-state index contributed by atoms with van der Waals surface area (Å²) in [4.78, 5) is 16.2. The quantitative estimate of drug-likeness (QED) is 0.603. The van der Waals surface area contributed by atoms with Gasteiger partial charge >= 0.3 is 0 Å². The Morgan fingerprint density at radius 1 is 1.24 bits per heavy atom. The van der Waals surface area contributed by atoms with Gasteiger partial charge in [-0.1, -0.05) is 26.0 Å². The molecule has 0 saturated heterocycles. The number of nitrogens with one attached hydrogen (secondary N) is 1. The molecule has 1 heterocycles. The molecule has 0 aliphatic heterocycles. The summed E-state index contributed by atoms with van der Waals surface area (Å²) >= 11 is 0. The minimum atomic E-state index is -3.61. The number of nitrogens with zero attached hydrogens (tertiary/aromatic N) is 3. The van der Waals surface area contributed by atoms with E-state index < -0.39 is 15.9 Å². The molecule has 132 valence electrons. The summed E-state index contributed by atoms with van der Waals surface area (Å²) in [7, 11) is -3.61. The molecule has 0 saturated carbocycles. The predicted octanol–water partition coefficient (Wildman–Crippen LogP) is 1.88. The fraction of sp³-hybridized carbons (Fsp3) is 0.235. The Morgan fingerprint density at radius 3 is 2.64 bits per heavy atom. The van der Waals surface area contributed by atoms with Gasteiger partial charge in [0.05, 0.1) is 11.1 Å². The normalized spacial score (nSPS) is 11.8.